The van der Waals surface area contributed by atoms with Gasteiger partial charge in [0.2, 0.25) is 0 Å². The van der Waals surface area contributed by atoms with Gasteiger partial charge in [0.15, 0.2) is 0 Å². The number of rotatable bonds is 6. The first-order chi connectivity index (χ1) is 6.07. The van der Waals surface area contributed by atoms with Crippen LogP contribution in [0.25, 0.3) is 0 Å². The minimum Gasteiger partial charge on any atom is -0.466 e. The highest BCUT2D eigenvalue weighted by atomic mass is 16.5. The highest BCUT2D eigenvalue weighted by Crippen LogP contribution is 2.17. The molecular formula is C11H22O2. The molecule has 0 aromatic carbocycles. The average Bonchev–Trinajstić information content (AvgIpc) is 2.10. The zero-order valence-corrected chi connectivity index (χ0v) is 9.30. The topological polar surface area (TPSA) is 26.3 Å². The summed E-state index contributed by atoms with van der Waals surface area (Å²) in [7, 11) is 0. The van der Waals surface area contributed by atoms with Gasteiger partial charge < -0.3 is 4.74 Å². The van der Waals surface area contributed by atoms with Crippen LogP contribution in [0.2, 0.25) is 0 Å². The average molecular weight is 186 g/mol. The Balaban J connectivity index is 3.56. The number of hydrogen-bond acceptors (Lipinski definition) is 2. The molecule has 2 nitrogen and oxygen atoms in total. The highest BCUT2D eigenvalue weighted by Gasteiger charge is 2.12. The van der Waals surface area contributed by atoms with Crippen LogP contribution < -0.4 is 0 Å². The van der Waals surface area contributed by atoms with Crippen molar-refractivity contribution < 1.29 is 9.53 Å². The third kappa shape index (κ3) is 6.62. The molecule has 0 bridgehead atoms. The monoisotopic (exact) mass is 186 g/mol. The molecule has 0 amide bonds. The Bertz CT molecular complexity index is 143. The fourth-order valence-electron chi connectivity index (χ4n) is 1.22. The zero-order chi connectivity index (χ0) is 10.3. The molecule has 0 fully saturated rings. The molecule has 0 aliphatic carbocycles. The molecule has 0 aromatic rings. The number of carbonyl (C=O) groups is 1. The van der Waals surface area contributed by atoms with Gasteiger partial charge in [0.25, 0.3) is 0 Å². The Morgan fingerprint density at radius 2 is 1.92 bits per heavy atom. The van der Waals surface area contributed by atoms with Crippen LogP contribution in [0.5, 0.6) is 0 Å². The smallest absolute Gasteiger partial charge is 0.302 e. The Kier molecular flexibility index (Phi) is 6.65. The summed E-state index contributed by atoms with van der Waals surface area (Å²) < 4.78 is 4.97. The van der Waals surface area contributed by atoms with Gasteiger partial charge in [0.1, 0.15) is 0 Å². The second kappa shape index (κ2) is 6.93. The molecule has 0 aliphatic heterocycles. The molecule has 0 heterocycles. The van der Waals surface area contributed by atoms with E-state index in [9.17, 15) is 4.79 Å². The van der Waals surface area contributed by atoms with E-state index in [-0.39, 0.29) is 5.97 Å². The van der Waals surface area contributed by atoms with Crippen molar-refractivity contribution >= 4 is 5.97 Å². The molecule has 0 aliphatic rings. The lowest BCUT2D eigenvalue weighted by Crippen LogP contribution is -2.16. The number of ether oxygens (including phenoxy) is 1. The molecule has 2 atom stereocenters. The second-order valence-electron chi connectivity index (χ2n) is 3.90. The van der Waals surface area contributed by atoms with Crippen LogP contribution in [0.1, 0.15) is 47.0 Å². The maximum absolute atomic E-state index is 10.6. The van der Waals surface area contributed by atoms with E-state index >= 15 is 0 Å². The number of hydrogen-bond donors (Lipinski definition) is 0. The van der Waals surface area contributed by atoms with Gasteiger partial charge in [-0.1, -0.05) is 40.0 Å². The molecular weight excluding hydrogens is 164 g/mol. The van der Waals surface area contributed by atoms with Crippen molar-refractivity contribution in [1.29, 1.82) is 0 Å². The van der Waals surface area contributed by atoms with Gasteiger partial charge in [-0.2, -0.15) is 0 Å². The van der Waals surface area contributed by atoms with E-state index in [1.807, 2.05) is 0 Å². The minimum atomic E-state index is -0.172. The normalized spacial score (nSPS) is 15.1. The summed E-state index contributed by atoms with van der Waals surface area (Å²) in [4.78, 5) is 10.6. The summed E-state index contributed by atoms with van der Waals surface area (Å²) in [5.41, 5.74) is 0. The van der Waals surface area contributed by atoms with Crippen LogP contribution >= 0.6 is 0 Å². The van der Waals surface area contributed by atoms with Crippen molar-refractivity contribution in [2.75, 3.05) is 6.61 Å². The Labute approximate surface area is 81.7 Å². The van der Waals surface area contributed by atoms with Crippen molar-refractivity contribution in [1.82, 2.24) is 0 Å². The molecule has 0 aromatic heterocycles. The molecule has 2 heteroatoms. The Morgan fingerprint density at radius 1 is 1.31 bits per heavy atom. The lowest BCUT2D eigenvalue weighted by atomic mass is 9.92. The molecule has 13 heavy (non-hydrogen) atoms. The fourth-order valence-corrected chi connectivity index (χ4v) is 1.22. The second-order valence-corrected chi connectivity index (χ2v) is 3.90. The molecule has 0 saturated carbocycles. The lowest BCUT2D eigenvalue weighted by molar-refractivity contribution is -0.142. The van der Waals surface area contributed by atoms with Crippen LogP contribution in [0.15, 0.2) is 0 Å². The summed E-state index contributed by atoms with van der Waals surface area (Å²) in [6.45, 7) is 8.60. The standard InChI is InChI=1S/C11H22O2/c1-5-6-7-9(2)10(3)8-13-11(4)12/h9-10H,5-8H2,1-4H3. The van der Waals surface area contributed by atoms with E-state index < -0.39 is 0 Å². The summed E-state index contributed by atoms with van der Waals surface area (Å²) in [5.74, 6) is 0.962. The van der Waals surface area contributed by atoms with Crippen molar-refractivity contribution in [3.05, 3.63) is 0 Å². The summed E-state index contributed by atoms with van der Waals surface area (Å²) >= 11 is 0. The number of esters is 1. The Hall–Kier alpha value is -0.530. The SMILES string of the molecule is CCCCC(C)C(C)COC(C)=O. The quantitative estimate of drug-likeness (QED) is 0.596. The van der Waals surface area contributed by atoms with Crippen molar-refractivity contribution in [2.24, 2.45) is 11.8 Å². The number of carbonyl (C=O) groups excluding carboxylic acids is 1. The third-order valence-corrected chi connectivity index (χ3v) is 2.53. The molecule has 0 saturated heterocycles. The van der Waals surface area contributed by atoms with E-state index in [4.69, 9.17) is 4.74 Å². The largest absolute Gasteiger partial charge is 0.466 e. The minimum absolute atomic E-state index is 0.172. The molecule has 2 unspecified atom stereocenters. The van der Waals surface area contributed by atoms with Crippen molar-refractivity contribution in [3.8, 4) is 0 Å². The maximum atomic E-state index is 10.6. The van der Waals surface area contributed by atoms with E-state index in [1.165, 1.54) is 26.2 Å². The zero-order valence-electron chi connectivity index (χ0n) is 9.30. The first-order valence-electron chi connectivity index (χ1n) is 5.21. The summed E-state index contributed by atoms with van der Waals surface area (Å²) in [5, 5.41) is 0. The number of unbranched alkanes of at least 4 members (excludes halogenated alkanes) is 1. The van der Waals surface area contributed by atoms with E-state index in [2.05, 4.69) is 20.8 Å². The molecule has 0 rings (SSSR count). The van der Waals surface area contributed by atoms with Crippen molar-refractivity contribution in [3.63, 3.8) is 0 Å². The van der Waals surface area contributed by atoms with Gasteiger partial charge in [-0.25, -0.2) is 0 Å². The van der Waals surface area contributed by atoms with E-state index in [1.54, 1.807) is 0 Å². The molecule has 78 valence electrons. The van der Waals surface area contributed by atoms with Gasteiger partial charge in [0.05, 0.1) is 6.61 Å². The Morgan fingerprint density at radius 3 is 2.38 bits per heavy atom. The van der Waals surface area contributed by atoms with Gasteiger partial charge in [-0.15, -0.1) is 0 Å². The van der Waals surface area contributed by atoms with Gasteiger partial charge >= 0.3 is 5.97 Å². The van der Waals surface area contributed by atoms with Crippen LogP contribution in [0, 0.1) is 11.8 Å². The predicted molar refractivity (Wildman–Crippen MR) is 54.5 cm³/mol. The van der Waals surface area contributed by atoms with Crippen molar-refractivity contribution in [2.45, 2.75) is 47.0 Å². The first-order valence-corrected chi connectivity index (χ1v) is 5.21. The van der Waals surface area contributed by atoms with Gasteiger partial charge in [-0.3, -0.25) is 4.79 Å². The van der Waals surface area contributed by atoms with Crippen LogP contribution in [0.4, 0.5) is 0 Å². The molecule has 0 radical (unpaired) electrons. The highest BCUT2D eigenvalue weighted by molar-refractivity contribution is 5.65. The van der Waals surface area contributed by atoms with Gasteiger partial charge in [-0.05, 0) is 11.8 Å². The molecule has 0 spiro atoms. The summed E-state index contributed by atoms with van der Waals surface area (Å²) in [6, 6.07) is 0. The van der Waals surface area contributed by atoms with E-state index in [0.29, 0.717) is 18.4 Å². The van der Waals surface area contributed by atoms with Gasteiger partial charge in [0, 0.05) is 6.92 Å². The summed E-state index contributed by atoms with van der Waals surface area (Å²) in [6.07, 6.45) is 3.75. The first kappa shape index (κ1) is 12.5. The van der Waals surface area contributed by atoms with Crippen LogP contribution in [-0.2, 0) is 9.53 Å². The van der Waals surface area contributed by atoms with Crippen LogP contribution in [0.3, 0.4) is 0 Å². The third-order valence-electron chi connectivity index (χ3n) is 2.53. The van der Waals surface area contributed by atoms with Crippen LogP contribution in [-0.4, -0.2) is 12.6 Å². The maximum Gasteiger partial charge on any atom is 0.302 e. The molecule has 0 N–H and O–H groups in total. The predicted octanol–water partition coefficient (Wildman–Crippen LogP) is 3.01. The van der Waals surface area contributed by atoms with E-state index in [0.717, 1.165) is 0 Å². The fraction of sp³-hybridized carbons (Fsp3) is 0.909. The lowest BCUT2D eigenvalue weighted by Gasteiger charge is -2.18.